The van der Waals surface area contributed by atoms with E-state index in [1.165, 1.54) is 0 Å². The standard InChI is InChI=1S/C19H29N3O4/c1-15(12-16-4-5-17-18(13-16)26-14-25-17)21(3)19(23)24-11-10-22-8-6-20(2)7-9-22/h4-5,13,15H,6-12,14H2,1-3H3. The van der Waals surface area contributed by atoms with Gasteiger partial charge < -0.3 is 24.0 Å². The summed E-state index contributed by atoms with van der Waals surface area (Å²) in [4.78, 5) is 18.6. The third-order valence-electron chi connectivity index (χ3n) is 5.15. The Balaban J connectivity index is 1.41. The van der Waals surface area contributed by atoms with Gasteiger partial charge in [-0.1, -0.05) is 6.07 Å². The van der Waals surface area contributed by atoms with Crippen LogP contribution in [0.25, 0.3) is 0 Å². The molecule has 0 saturated carbocycles. The first-order valence-electron chi connectivity index (χ1n) is 9.22. The zero-order chi connectivity index (χ0) is 18.5. The number of carbonyl (C=O) groups is 1. The highest BCUT2D eigenvalue weighted by Gasteiger charge is 2.20. The lowest BCUT2D eigenvalue weighted by molar-refractivity contribution is 0.0774. The average Bonchev–Trinajstić information content (AvgIpc) is 3.10. The molecular weight excluding hydrogens is 334 g/mol. The minimum absolute atomic E-state index is 0.0338. The molecule has 1 amide bonds. The molecule has 2 heterocycles. The summed E-state index contributed by atoms with van der Waals surface area (Å²) in [5.41, 5.74) is 1.11. The Labute approximate surface area is 155 Å². The SMILES string of the molecule is CC(Cc1ccc2c(c1)OCO2)N(C)C(=O)OCCN1CCN(C)CC1. The largest absolute Gasteiger partial charge is 0.454 e. The molecule has 2 aliphatic heterocycles. The number of ether oxygens (including phenoxy) is 3. The maximum atomic E-state index is 12.3. The number of piperazine rings is 1. The highest BCUT2D eigenvalue weighted by atomic mass is 16.7. The molecule has 0 aromatic heterocycles. The molecule has 7 nitrogen and oxygen atoms in total. The van der Waals surface area contributed by atoms with E-state index < -0.39 is 0 Å². The van der Waals surface area contributed by atoms with Crippen molar-refractivity contribution in [1.29, 1.82) is 0 Å². The van der Waals surface area contributed by atoms with Crippen molar-refractivity contribution < 1.29 is 19.0 Å². The van der Waals surface area contributed by atoms with Gasteiger partial charge in [0.2, 0.25) is 6.79 Å². The van der Waals surface area contributed by atoms with Crippen LogP contribution in [0, 0.1) is 0 Å². The fourth-order valence-electron chi connectivity index (χ4n) is 3.16. The Hall–Kier alpha value is -1.99. The van der Waals surface area contributed by atoms with Crippen LogP contribution in [-0.2, 0) is 11.2 Å². The van der Waals surface area contributed by atoms with Gasteiger partial charge in [0, 0.05) is 45.8 Å². The molecule has 2 aliphatic rings. The molecule has 0 N–H and O–H groups in total. The van der Waals surface area contributed by atoms with Crippen LogP contribution in [0.2, 0.25) is 0 Å². The fourth-order valence-corrected chi connectivity index (χ4v) is 3.16. The van der Waals surface area contributed by atoms with Crippen LogP contribution in [0.15, 0.2) is 18.2 Å². The molecule has 1 aromatic rings. The number of hydrogen-bond donors (Lipinski definition) is 0. The molecule has 7 heteroatoms. The molecule has 0 bridgehead atoms. The predicted molar refractivity (Wildman–Crippen MR) is 98.8 cm³/mol. The van der Waals surface area contributed by atoms with Crippen LogP contribution >= 0.6 is 0 Å². The molecule has 1 unspecified atom stereocenters. The summed E-state index contributed by atoms with van der Waals surface area (Å²) in [6, 6.07) is 5.94. The molecular formula is C19H29N3O4. The lowest BCUT2D eigenvalue weighted by atomic mass is 10.1. The van der Waals surface area contributed by atoms with E-state index >= 15 is 0 Å². The lowest BCUT2D eigenvalue weighted by Gasteiger charge is -2.32. The summed E-state index contributed by atoms with van der Waals surface area (Å²) in [6.07, 6.45) is 0.466. The molecule has 3 rings (SSSR count). The lowest BCUT2D eigenvalue weighted by Crippen LogP contribution is -2.46. The first-order chi connectivity index (χ1) is 12.5. The zero-order valence-electron chi connectivity index (χ0n) is 15.9. The van der Waals surface area contributed by atoms with Gasteiger partial charge in [-0.05, 0) is 38.1 Å². The third kappa shape index (κ3) is 4.80. The summed E-state index contributed by atoms with van der Waals surface area (Å²) in [5.74, 6) is 1.55. The monoisotopic (exact) mass is 363 g/mol. The minimum atomic E-state index is -0.271. The summed E-state index contributed by atoms with van der Waals surface area (Å²) >= 11 is 0. The fraction of sp³-hybridized carbons (Fsp3) is 0.632. The van der Waals surface area contributed by atoms with Crippen LogP contribution in [0.4, 0.5) is 4.79 Å². The van der Waals surface area contributed by atoms with Gasteiger partial charge in [-0.2, -0.15) is 0 Å². The van der Waals surface area contributed by atoms with Gasteiger partial charge in [-0.15, -0.1) is 0 Å². The minimum Gasteiger partial charge on any atom is -0.454 e. The normalized spacial score (nSPS) is 18.6. The average molecular weight is 363 g/mol. The summed E-state index contributed by atoms with van der Waals surface area (Å²) < 4.78 is 16.2. The smallest absolute Gasteiger partial charge is 0.409 e. The number of carbonyl (C=O) groups excluding carboxylic acids is 1. The van der Waals surface area contributed by atoms with E-state index in [0.29, 0.717) is 6.61 Å². The van der Waals surface area contributed by atoms with Gasteiger partial charge in [-0.25, -0.2) is 4.79 Å². The second kappa shape index (κ2) is 8.60. The highest BCUT2D eigenvalue weighted by molar-refractivity contribution is 5.67. The van der Waals surface area contributed by atoms with Crippen molar-refractivity contribution in [3.8, 4) is 11.5 Å². The molecule has 0 radical (unpaired) electrons. The van der Waals surface area contributed by atoms with Crippen LogP contribution in [-0.4, -0.2) is 87.1 Å². The number of hydrogen-bond acceptors (Lipinski definition) is 6. The number of nitrogens with zero attached hydrogens (tertiary/aromatic N) is 3. The van der Waals surface area contributed by atoms with Gasteiger partial charge in [-0.3, -0.25) is 4.90 Å². The quantitative estimate of drug-likeness (QED) is 0.766. The number of likely N-dealkylation sites (N-methyl/N-ethyl adjacent to an activating group) is 2. The summed E-state index contributed by atoms with van der Waals surface area (Å²) in [5, 5.41) is 0. The van der Waals surface area contributed by atoms with Crippen LogP contribution in [0.5, 0.6) is 11.5 Å². The van der Waals surface area contributed by atoms with Crippen LogP contribution < -0.4 is 9.47 Å². The van der Waals surface area contributed by atoms with Crippen molar-refractivity contribution in [3.05, 3.63) is 23.8 Å². The van der Waals surface area contributed by atoms with E-state index in [4.69, 9.17) is 14.2 Å². The van der Waals surface area contributed by atoms with Crippen molar-refractivity contribution in [2.24, 2.45) is 0 Å². The predicted octanol–water partition coefficient (Wildman–Crippen LogP) is 1.66. The van der Waals surface area contributed by atoms with E-state index in [0.717, 1.165) is 56.2 Å². The van der Waals surface area contributed by atoms with Crippen molar-refractivity contribution in [2.45, 2.75) is 19.4 Å². The van der Waals surface area contributed by atoms with Crippen molar-refractivity contribution in [1.82, 2.24) is 14.7 Å². The van der Waals surface area contributed by atoms with Crippen LogP contribution in [0.3, 0.4) is 0 Å². The van der Waals surface area contributed by atoms with Gasteiger partial charge in [0.1, 0.15) is 6.61 Å². The maximum Gasteiger partial charge on any atom is 0.409 e. The Morgan fingerprint density at radius 2 is 1.96 bits per heavy atom. The number of amides is 1. The van der Waals surface area contributed by atoms with E-state index in [2.05, 4.69) is 16.8 Å². The molecule has 0 spiro atoms. The highest BCUT2D eigenvalue weighted by Crippen LogP contribution is 2.32. The van der Waals surface area contributed by atoms with Crippen LogP contribution in [0.1, 0.15) is 12.5 Å². The Morgan fingerprint density at radius 1 is 1.23 bits per heavy atom. The van der Waals surface area contributed by atoms with E-state index in [-0.39, 0.29) is 18.9 Å². The van der Waals surface area contributed by atoms with E-state index in [1.807, 2.05) is 25.1 Å². The van der Waals surface area contributed by atoms with Crippen molar-refractivity contribution in [3.63, 3.8) is 0 Å². The first-order valence-corrected chi connectivity index (χ1v) is 9.22. The van der Waals surface area contributed by atoms with Gasteiger partial charge in [0.15, 0.2) is 11.5 Å². The van der Waals surface area contributed by atoms with Crippen molar-refractivity contribution >= 4 is 6.09 Å². The molecule has 144 valence electrons. The van der Waals surface area contributed by atoms with Gasteiger partial charge >= 0.3 is 6.09 Å². The zero-order valence-corrected chi connectivity index (χ0v) is 15.9. The first kappa shape index (κ1) is 18.8. The Bertz CT molecular complexity index is 617. The van der Waals surface area contributed by atoms with Crippen molar-refractivity contribution in [2.75, 3.05) is 60.2 Å². The second-order valence-electron chi connectivity index (χ2n) is 7.11. The summed E-state index contributed by atoms with van der Waals surface area (Å²) in [7, 11) is 3.92. The Kier molecular flexibility index (Phi) is 6.21. The third-order valence-corrected chi connectivity index (χ3v) is 5.15. The topological polar surface area (TPSA) is 54.5 Å². The van der Waals surface area contributed by atoms with E-state index in [9.17, 15) is 4.79 Å². The molecule has 1 aromatic carbocycles. The van der Waals surface area contributed by atoms with Gasteiger partial charge in [0.25, 0.3) is 0 Å². The Morgan fingerprint density at radius 3 is 2.73 bits per heavy atom. The second-order valence-corrected chi connectivity index (χ2v) is 7.11. The van der Waals surface area contributed by atoms with E-state index in [1.54, 1.807) is 11.9 Å². The van der Waals surface area contributed by atoms with Gasteiger partial charge in [0.05, 0.1) is 0 Å². The summed E-state index contributed by atoms with van der Waals surface area (Å²) in [6.45, 7) is 7.73. The number of rotatable bonds is 6. The maximum absolute atomic E-state index is 12.3. The molecule has 1 saturated heterocycles. The molecule has 1 atom stereocenters. The number of benzene rings is 1. The molecule has 0 aliphatic carbocycles. The number of fused-ring (bicyclic) bond motifs is 1. The molecule has 26 heavy (non-hydrogen) atoms. The molecule has 1 fully saturated rings.